The molecule has 4 unspecified atom stereocenters. The minimum atomic E-state index is -0.757. The quantitative estimate of drug-likeness (QED) is 0.725. The Bertz CT molecular complexity index is 480. The summed E-state index contributed by atoms with van der Waals surface area (Å²) < 4.78 is 27.3. The zero-order valence-corrected chi connectivity index (χ0v) is 15.3. The second-order valence-electron chi connectivity index (χ2n) is 7.90. The molecule has 0 amide bonds. The lowest BCUT2D eigenvalue weighted by molar-refractivity contribution is -0.164. The van der Waals surface area contributed by atoms with Gasteiger partial charge < -0.3 is 23.7 Å². The minimum Gasteiger partial charge on any atom is -0.457 e. The van der Waals surface area contributed by atoms with Crippen molar-refractivity contribution in [3.05, 3.63) is 0 Å². The highest BCUT2D eigenvalue weighted by Gasteiger charge is 2.52. The molecule has 0 aromatic carbocycles. The van der Waals surface area contributed by atoms with Gasteiger partial charge in [0, 0.05) is 0 Å². The molecule has 2 fully saturated rings. The molecule has 0 spiro atoms. The lowest BCUT2D eigenvalue weighted by Gasteiger charge is -2.24. The fraction of sp³-hybridized carbons (Fsp3) is 0.882. The van der Waals surface area contributed by atoms with Crippen molar-refractivity contribution in [2.75, 3.05) is 13.2 Å². The molecule has 2 aliphatic heterocycles. The van der Waals surface area contributed by atoms with E-state index in [4.69, 9.17) is 23.7 Å². The van der Waals surface area contributed by atoms with Gasteiger partial charge in [-0.05, 0) is 41.0 Å². The number of hydrogen-bond acceptors (Lipinski definition) is 7. The van der Waals surface area contributed by atoms with Gasteiger partial charge in [-0.3, -0.25) is 4.79 Å². The van der Waals surface area contributed by atoms with Crippen molar-refractivity contribution in [1.82, 2.24) is 0 Å². The summed E-state index contributed by atoms with van der Waals surface area (Å²) in [5.74, 6) is -0.278. The lowest BCUT2D eigenvalue weighted by Crippen LogP contribution is -2.38. The molecule has 2 aliphatic rings. The minimum absolute atomic E-state index is 0.194. The summed E-state index contributed by atoms with van der Waals surface area (Å²) >= 11 is 0. The van der Waals surface area contributed by atoms with Gasteiger partial charge in [-0.2, -0.15) is 0 Å². The first-order valence-electron chi connectivity index (χ1n) is 8.37. The molecule has 0 saturated carbocycles. The summed E-state index contributed by atoms with van der Waals surface area (Å²) in [4.78, 5) is 24.0. The highest BCUT2D eigenvalue weighted by Crippen LogP contribution is 2.33. The largest absolute Gasteiger partial charge is 0.509 e. The Hall–Kier alpha value is -1.34. The van der Waals surface area contributed by atoms with Crippen LogP contribution in [0.2, 0.25) is 0 Å². The molecule has 0 bridgehead atoms. The van der Waals surface area contributed by atoms with Gasteiger partial charge in [0.1, 0.15) is 17.8 Å². The first-order valence-corrected chi connectivity index (χ1v) is 8.37. The molecule has 2 saturated heterocycles. The van der Waals surface area contributed by atoms with Gasteiger partial charge in [0.25, 0.3) is 0 Å². The number of hydrogen-bond donors (Lipinski definition) is 0. The fourth-order valence-electron chi connectivity index (χ4n) is 2.47. The summed E-state index contributed by atoms with van der Waals surface area (Å²) in [7, 11) is 0. The Morgan fingerprint density at radius 2 is 1.46 bits per heavy atom. The van der Waals surface area contributed by atoms with E-state index in [1.54, 1.807) is 20.8 Å². The topological polar surface area (TPSA) is 80.3 Å². The molecule has 0 aromatic heterocycles. The van der Waals surface area contributed by atoms with Crippen molar-refractivity contribution >= 4 is 12.1 Å². The Morgan fingerprint density at radius 1 is 0.958 bits per heavy atom. The molecular weight excluding hydrogens is 316 g/mol. The molecule has 0 radical (unpaired) electrons. The van der Waals surface area contributed by atoms with Crippen LogP contribution in [0.15, 0.2) is 0 Å². The molecule has 138 valence electrons. The summed E-state index contributed by atoms with van der Waals surface area (Å²) in [6.07, 6.45) is -1.99. The zero-order valence-electron chi connectivity index (χ0n) is 15.3. The maximum atomic E-state index is 12.2. The van der Waals surface area contributed by atoms with E-state index >= 15 is 0 Å². The molecule has 0 N–H and O–H groups in total. The molecule has 7 heteroatoms. The van der Waals surface area contributed by atoms with Crippen LogP contribution in [0.1, 0.15) is 48.0 Å². The Morgan fingerprint density at radius 3 is 1.92 bits per heavy atom. The van der Waals surface area contributed by atoms with Crippen LogP contribution in [-0.4, -0.2) is 55.4 Å². The standard InChI is InChI=1S/C17H28O7/c1-7-17(5,6)14(18)22-10-8-20-13-11(9-21-12(10)13)23-15(19)24-16(2,3)4/h10-13H,7-9H2,1-6H3. The van der Waals surface area contributed by atoms with E-state index in [9.17, 15) is 9.59 Å². The van der Waals surface area contributed by atoms with Crippen LogP contribution in [0.25, 0.3) is 0 Å². The number of ether oxygens (including phenoxy) is 5. The van der Waals surface area contributed by atoms with E-state index in [2.05, 4.69) is 0 Å². The average molecular weight is 344 g/mol. The van der Waals surface area contributed by atoms with Gasteiger partial charge in [-0.15, -0.1) is 0 Å². The van der Waals surface area contributed by atoms with E-state index in [0.29, 0.717) is 6.42 Å². The molecule has 0 aromatic rings. The summed E-state index contributed by atoms with van der Waals surface area (Å²) in [5, 5.41) is 0. The predicted octanol–water partition coefficient (Wildman–Crippen LogP) is 2.45. The van der Waals surface area contributed by atoms with Crippen LogP contribution in [0.5, 0.6) is 0 Å². The number of carbonyl (C=O) groups excluding carboxylic acids is 2. The fourth-order valence-corrected chi connectivity index (χ4v) is 2.47. The van der Waals surface area contributed by atoms with Gasteiger partial charge in [0.15, 0.2) is 12.2 Å². The molecule has 2 heterocycles. The maximum absolute atomic E-state index is 12.2. The zero-order chi connectivity index (χ0) is 18.1. The van der Waals surface area contributed by atoms with E-state index in [0.717, 1.165) is 0 Å². The number of rotatable bonds is 4. The van der Waals surface area contributed by atoms with Crippen molar-refractivity contribution < 1.29 is 33.3 Å². The van der Waals surface area contributed by atoms with E-state index in [-0.39, 0.29) is 19.2 Å². The van der Waals surface area contributed by atoms with Crippen LogP contribution in [0.3, 0.4) is 0 Å². The third-order valence-electron chi connectivity index (χ3n) is 4.29. The maximum Gasteiger partial charge on any atom is 0.509 e. The first-order chi connectivity index (χ1) is 11.0. The second-order valence-corrected chi connectivity index (χ2v) is 7.90. The van der Waals surface area contributed by atoms with Crippen molar-refractivity contribution in [2.45, 2.75) is 78.0 Å². The third kappa shape index (κ3) is 4.39. The third-order valence-corrected chi connectivity index (χ3v) is 4.29. The van der Waals surface area contributed by atoms with Crippen molar-refractivity contribution in [1.29, 1.82) is 0 Å². The number of esters is 1. The van der Waals surface area contributed by atoms with Gasteiger partial charge in [0.2, 0.25) is 0 Å². The summed E-state index contributed by atoms with van der Waals surface area (Å²) in [6, 6.07) is 0. The normalized spacial score (nSPS) is 29.9. The summed E-state index contributed by atoms with van der Waals surface area (Å²) in [5.41, 5.74) is -1.18. The smallest absolute Gasteiger partial charge is 0.457 e. The lowest BCUT2D eigenvalue weighted by atomic mass is 9.90. The van der Waals surface area contributed by atoms with Crippen molar-refractivity contribution in [3.8, 4) is 0 Å². The van der Waals surface area contributed by atoms with Crippen LogP contribution in [0, 0.1) is 5.41 Å². The average Bonchev–Trinajstić information content (AvgIpc) is 3.01. The van der Waals surface area contributed by atoms with E-state index < -0.39 is 41.6 Å². The van der Waals surface area contributed by atoms with Crippen LogP contribution in [0.4, 0.5) is 4.79 Å². The number of carbonyl (C=O) groups is 2. The van der Waals surface area contributed by atoms with Crippen molar-refractivity contribution in [2.24, 2.45) is 5.41 Å². The highest BCUT2D eigenvalue weighted by molar-refractivity contribution is 5.76. The van der Waals surface area contributed by atoms with Gasteiger partial charge in [0.05, 0.1) is 18.6 Å². The number of fused-ring (bicyclic) bond motifs is 1. The Labute approximate surface area is 142 Å². The Balaban J connectivity index is 1.90. The van der Waals surface area contributed by atoms with Gasteiger partial charge in [-0.25, -0.2) is 4.79 Å². The second kappa shape index (κ2) is 6.88. The monoisotopic (exact) mass is 344 g/mol. The molecule has 7 nitrogen and oxygen atoms in total. The van der Waals surface area contributed by atoms with Crippen molar-refractivity contribution in [3.63, 3.8) is 0 Å². The SMILES string of the molecule is CCC(C)(C)C(=O)OC1COC2C(OC(=O)OC(C)(C)C)COC12. The van der Waals surface area contributed by atoms with Crippen LogP contribution < -0.4 is 0 Å². The highest BCUT2D eigenvalue weighted by atomic mass is 16.8. The Kier molecular flexibility index (Phi) is 5.44. The van der Waals surface area contributed by atoms with Gasteiger partial charge in [-0.1, -0.05) is 6.92 Å². The molecule has 24 heavy (non-hydrogen) atoms. The van der Waals surface area contributed by atoms with Crippen LogP contribution in [-0.2, 0) is 28.5 Å². The van der Waals surface area contributed by atoms with Gasteiger partial charge >= 0.3 is 12.1 Å². The van der Waals surface area contributed by atoms with Crippen LogP contribution >= 0.6 is 0 Å². The first kappa shape index (κ1) is 19.0. The molecule has 0 aliphatic carbocycles. The van der Waals surface area contributed by atoms with E-state index in [1.807, 2.05) is 20.8 Å². The van der Waals surface area contributed by atoms with E-state index in [1.165, 1.54) is 0 Å². The molecule has 4 atom stereocenters. The molecular formula is C17H28O7. The summed E-state index contributed by atoms with van der Waals surface area (Å²) in [6.45, 7) is 11.3. The molecule has 2 rings (SSSR count). The predicted molar refractivity (Wildman–Crippen MR) is 84.5 cm³/mol.